The van der Waals surface area contributed by atoms with Gasteiger partial charge in [-0.25, -0.2) is 4.98 Å². The van der Waals surface area contributed by atoms with Crippen molar-refractivity contribution in [1.29, 1.82) is 0 Å². The van der Waals surface area contributed by atoms with Gasteiger partial charge in [-0.3, -0.25) is 4.57 Å². The zero-order chi connectivity index (χ0) is 68.4. The maximum Gasteiger partial charge on any atom is 0.268 e. The topological polar surface area (TPSA) is 49.0 Å². The van der Waals surface area contributed by atoms with Crippen LogP contribution in [0.5, 0.6) is 11.5 Å². The van der Waals surface area contributed by atoms with Crippen LogP contribution in [0.15, 0.2) is 362 Å². The molecule has 0 N–H and O–H groups in total. The van der Waals surface area contributed by atoms with E-state index in [-0.39, 0.29) is 26.5 Å². The molecule has 0 aliphatic rings. The summed E-state index contributed by atoms with van der Waals surface area (Å²) >= 11 is 0. The van der Waals surface area contributed by atoms with Gasteiger partial charge < -0.3 is 18.3 Å². The van der Waals surface area contributed by atoms with E-state index in [1.807, 2.05) is 36.5 Å². The Bertz CT molecular complexity index is 5770. The number of pyridine rings is 1. The fraction of sp³-hybridized carbons (Fsp3) is 0.0426. The minimum Gasteiger partial charge on any atom is -0.510 e. The molecule has 6 nitrogen and oxygen atoms in total. The largest absolute Gasteiger partial charge is 0.510 e. The predicted molar refractivity (Wildman–Crippen MR) is 424 cm³/mol. The van der Waals surface area contributed by atoms with Gasteiger partial charge in [-0.05, 0) is 104 Å². The van der Waals surface area contributed by atoms with Gasteiger partial charge in [-0.1, -0.05) is 330 Å². The summed E-state index contributed by atoms with van der Waals surface area (Å²) in [6, 6.07) is 136. The van der Waals surface area contributed by atoms with Crippen molar-refractivity contribution in [3.05, 3.63) is 382 Å². The van der Waals surface area contributed by atoms with Crippen molar-refractivity contribution in [3.63, 3.8) is 0 Å². The summed E-state index contributed by atoms with van der Waals surface area (Å²) in [5, 5.41) is 14.6. The maximum absolute atomic E-state index is 6.98. The third-order valence-corrected chi connectivity index (χ3v) is 30.0. The van der Waals surface area contributed by atoms with E-state index < -0.39 is 16.1 Å². The molecule has 9 heteroatoms. The van der Waals surface area contributed by atoms with E-state index in [1.165, 1.54) is 47.1 Å². The van der Waals surface area contributed by atoms with Crippen molar-refractivity contribution in [2.24, 2.45) is 0 Å². The first kappa shape index (κ1) is 64.6. The van der Waals surface area contributed by atoms with Crippen LogP contribution >= 0.6 is 0 Å². The standard InChI is InChI=1S/C94H68N4O2Si2.Pt/c1-94(2,3)68-58-59-95-90(62-68)98-88-64-71(54-55-82(88)84-56-57-85-83-48-22-25-53-89(83)100-93(85)92(84)98)99-70-33-28-32-69(63-70)96-65-97(87-52-24-23-51-86(87)96)91-80(66-30-26-46-78(60-66)101(72-34-10-4-11-35-72,73-36-12-5-13-37-73)74-38-14-6-15-39-74)49-29-50-81(91)67-31-27-47-79(61-67)102(75-40-16-7-17-41-75,76-42-18-8-19-43-76)77-44-20-9-21-45-77;/h4-62H,1-3H3;/q-2;. The van der Waals surface area contributed by atoms with E-state index in [1.54, 1.807) is 0 Å². The van der Waals surface area contributed by atoms with E-state index >= 15 is 0 Å². The molecule has 18 aromatic rings. The monoisotopic (exact) mass is 1540 g/mol. The first-order chi connectivity index (χ1) is 50.2. The molecular formula is C94H68N4O2PtSi2-2. The first-order valence-corrected chi connectivity index (χ1v) is 38.8. The number of rotatable bonds is 15. The molecule has 0 bridgehead atoms. The van der Waals surface area contributed by atoms with E-state index in [2.05, 4.69) is 374 Å². The van der Waals surface area contributed by atoms with Crippen molar-refractivity contribution in [1.82, 2.24) is 14.1 Å². The molecule has 0 aliphatic carbocycles. The summed E-state index contributed by atoms with van der Waals surface area (Å²) in [5.41, 5.74) is 12.4. The molecule has 0 spiro atoms. The van der Waals surface area contributed by atoms with Crippen LogP contribution in [0.25, 0.3) is 94.2 Å². The Morgan fingerprint density at radius 2 is 0.874 bits per heavy atom. The second-order valence-corrected chi connectivity index (χ2v) is 34.9. The second kappa shape index (κ2) is 26.6. The Balaban J connectivity index is 0.00000787. The number of hydrogen-bond donors (Lipinski definition) is 0. The summed E-state index contributed by atoms with van der Waals surface area (Å²) in [4.78, 5) is 5.05. The molecule has 0 atom stereocenters. The Morgan fingerprint density at radius 3 is 1.43 bits per heavy atom. The number of fused-ring (bicyclic) bond motifs is 8. The molecule has 0 amide bonds. The molecule has 18 rings (SSSR count). The van der Waals surface area contributed by atoms with E-state index in [0.717, 1.165) is 94.2 Å². The Labute approximate surface area is 616 Å². The summed E-state index contributed by atoms with van der Waals surface area (Å²) in [7, 11) is -5.97. The third-order valence-electron chi connectivity index (χ3n) is 20.5. The number of furan rings is 1. The van der Waals surface area contributed by atoms with Gasteiger partial charge in [0, 0.05) is 49.5 Å². The van der Waals surface area contributed by atoms with E-state index in [4.69, 9.17) is 14.1 Å². The van der Waals surface area contributed by atoms with E-state index in [0.29, 0.717) is 11.5 Å². The van der Waals surface area contributed by atoms with Gasteiger partial charge in [-0.2, -0.15) is 18.2 Å². The molecule has 0 unspecified atom stereocenters. The van der Waals surface area contributed by atoms with Crippen molar-refractivity contribution in [3.8, 4) is 50.9 Å². The Kier molecular flexibility index (Phi) is 16.7. The summed E-state index contributed by atoms with van der Waals surface area (Å²) in [6.45, 7) is 6.69. The molecule has 496 valence electrons. The maximum atomic E-state index is 6.98. The zero-order valence-corrected chi connectivity index (χ0v) is 61.3. The average Bonchev–Trinajstić information content (AvgIpc) is 1.69. The van der Waals surface area contributed by atoms with Gasteiger partial charge in [0.2, 0.25) is 0 Å². The fourth-order valence-electron chi connectivity index (χ4n) is 15.8. The van der Waals surface area contributed by atoms with Gasteiger partial charge in [0.25, 0.3) is 6.33 Å². The van der Waals surface area contributed by atoms with Crippen molar-refractivity contribution < 1.29 is 34.8 Å². The van der Waals surface area contributed by atoms with Crippen molar-refractivity contribution in [2.75, 3.05) is 0 Å². The SMILES string of the molecule is CC(C)(C)c1ccnc(-n2c3[c-]c(Oc4[c-]c(-n5[c-][n+](-c6c(-c7cccc([Si](c8ccccc8)(c8ccccc8)c8ccccc8)c7)cccc6-c6cccc([Si](c7ccccc7)(c7ccccc7)c7ccccc7)c6)c6ccccc65)ccc4)ccc3c3ccc4c5ccccc5oc4c32)c1.[Pt]. The van der Waals surface area contributed by atoms with Crippen LogP contribution in [0.2, 0.25) is 0 Å². The van der Waals surface area contributed by atoms with Gasteiger partial charge in [0.05, 0.1) is 22.2 Å². The number of imidazole rings is 1. The van der Waals surface area contributed by atoms with Crippen LogP contribution in [-0.4, -0.2) is 30.3 Å². The molecule has 0 saturated heterocycles. The van der Waals surface area contributed by atoms with Crippen molar-refractivity contribution in [2.45, 2.75) is 26.2 Å². The summed E-state index contributed by atoms with van der Waals surface area (Å²) < 4.78 is 20.4. The predicted octanol–water partition coefficient (Wildman–Crippen LogP) is 16.9. The minimum atomic E-state index is -2.99. The van der Waals surface area contributed by atoms with E-state index in [9.17, 15) is 0 Å². The molecule has 0 radical (unpaired) electrons. The second-order valence-electron chi connectivity index (χ2n) is 27.3. The summed E-state index contributed by atoms with van der Waals surface area (Å²) in [5.74, 6) is 1.83. The fourth-order valence-corrected chi connectivity index (χ4v) is 25.4. The van der Waals surface area contributed by atoms with Crippen LogP contribution in [0.3, 0.4) is 0 Å². The number of para-hydroxylation sites is 4. The summed E-state index contributed by atoms with van der Waals surface area (Å²) in [6.07, 6.45) is 5.92. The van der Waals surface area contributed by atoms with Crippen molar-refractivity contribution >= 4 is 112 Å². The van der Waals surface area contributed by atoms with Gasteiger partial charge >= 0.3 is 0 Å². The van der Waals surface area contributed by atoms with Crippen LogP contribution in [0, 0.1) is 18.5 Å². The van der Waals surface area contributed by atoms with Gasteiger partial charge in [0.15, 0.2) is 21.7 Å². The molecular weight excluding hydrogens is 1470 g/mol. The van der Waals surface area contributed by atoms with Crippen LogP contribution in [0.4, 0.5) is 0 Å². The molecule has 0 aliphatic heterocycles. The normalized spacial score (nSPS) is 12.0. The minimum absolute atomic E-state index is 0. The third kappa shape index (κ3) is 11.0. The van der Waals surface area contributed by atoms with Crippen LogP contribution < -0.4 is 50.8 Å². The smallest absolute Gasteiger partial charge is 0.268 e. The van der Waals surface area contributed by atoms with Crippen LogP contribution in [0.1, 0.15) is 26.3 Å². The Hall–Kier alpha value is -11.8. The number of hydrogen-bond acceptors (Lipinski definition) is 3. The average molecular weight is 1540 g/mol. The number of nitrogens with zero attached hydrogens (tertiary/aromatic N) is 4. The molecule has 4 aromatic heterocycles. The van der Waals surface area contributed by atoms with Gasteiger partial charge in [-0.15, -0.1) is 29.7 Å². The first-order valence-electron chi connectivity index (χ1n) is 34.8. The van der Waals surface area contributed by atoms with Gasteiger partial charge in [0.1, 0.15) is 11.4 Å². The molecule has 103 heavy (non-hydrogen) atoms. The molecule has 0 saturated carbocycles. The molecule has 4 heterocycles. The molecule has 14 aromatic carbocycles. The Morgan fingerprint density at radius 1 is 0.408 bits per heavy atom. The number of ether oxygens (including phenoxy) is 1. The quantitative estimate of drug-likeness (QED) is 0.0445. The number of benzene rings is 14. The number of aromatic nitrogens is 4. The molecule has 0 fully saturated rings. The van der Waals surface area contributed by atoms with Crippen LogP contribution in [-0.2, 0) is 26.5 Å². The zero-order valence-electron chi connectivity index (χ0n) is 57.0.